The van der Waals surface area contributed by atoms with Gasteiger partial charge in [-0.3, -0.25) is 19.2 Å². The second kappa shape index (κ2) is 10.9. The monoisotopic (exact) mass is 519 g/mol. The number of amides is 2. The summed E-state index contributed by atoms with van der Waals surface area (Å²) < 4.78 is 65.2. The van der Waals surface area contributed by atoms with Gasteiger partial charge in [-0.1, -0.05) is 17.7 Å². The predicted molar refractivity (Wildman–Crippen MR) is 115 cm³/mol. The van der Waals surface area contributed by atoms with Crippen LogP contribution < -0.4 is 10.6 Å². The second-order valence-corrected chi connectivity index (χ2v) is 8.04. The van der Waals surface area contributed by atoms with E-state index in [2.05, 4.69) is 15.6 Å². The summed E-state index contributed by atoms with van der Waals surface area (Å²) in [5, 5.41) is 4.43. The summed E-state index contributed by atoms with van der Waals surface area (Å²) in [4.78, 5) is 52.2. The van der Waals surface area contributed by atoms with E-state index in [1.54, 1.807) is 0 Å². The van der Waals surface area contributed by atoms with Crippen molar-refractivity contribution in [2.45, 2.75) is 44.8 Å². The van der Waals surface area contributed by atoms with E-state index in [4.69, 9.17) is 11.6 Å². The summed E-state index contributed by atoms with van der Waals surface area (Å²) in [6.45, 7) is 1.52. The molecule has 0 radical (unpaired) electrons. The van der Waals surface area contributed by atoms with Crippen molar-refractivity contribution in [1.82, 2.24) is 10.3 Å². The van der Waals surface area contributed by atoms with Crippen LogP contribution in [0.3, 0.4) is 0 Å². The van der Waals surface area contributed by atoms with Gasteiger partial charge in [0.1, 0.15) is 11.4 Å². The number of aromatic nitrogens is 1. The largest absolute Gasteiger partial charge is 0.433 e. The third kappa shape index (κ3) is 8.09. The molecule has 0 saturated carbocycles. The molecule has 0 saturated heterocycles. The topological polar surface area (TPSA) is 105 Å². The van der Waals surface area contributed by atoms with Gasteiger partial charge in [0.2, 0.25) is 11.7 Å². The zero-order chi connectivity index (χ0) is 26.6. The number of nitrogens with zero attached hydrogens (tertiary/aromatic N) is 1. The fourth-order valence-corrected chi connectivity index (χ4v) is 3.04. The van der Waals surface area contributed by atoms with Crippen molar-refractivity contribution >= 4 is 40.7 Å². The minimum Gasteiger partial charge on any atom is -0.342 e. The van der Waals surface area contributed by atoms with Crippen LogP contribution in [0.15, 0.2) is 36.4 Å². The lowest BCUT2D eigenvalue weighted by Gasteiger charge is -2.20. The summed E-state index contributed by atoms with van der Waals surface area (Å²) in [5.74, 6) is -7.38. The number of Topliss-reactive ketones (excluding diaryl/α,β-unsaturated/α-hetero) is 2. The number of ketones is 2. The average molecular weight is 520 g/mol. The quantitative estimate of drug-likeness (QED) is 0.369. The lowest BCUT2D eigenvalue weighted by Crippen LogP contribution is -2.44. The first-order valence-corrected chi connectivity index (χ1v) is 10.3. The van der Waals surface area contributed by atoms with Crippen molar-refractivity contribution in [2.24, 2.45) is 0 Å². The standard InChI is InChI=1S/C22H19ClF5N3O4/c1-11(32)18(33)15(8-9-21(2,24)25)31-19(34)13-10-12(23)6-7-14(13)30-20(35)16-4-3-5-17(29-16)22(26,27)28/h3-7,10,15H,8-9H2,1-2H3,(H,30,35)(H,31,34)/t15-/m0/s1. The summed E-state index contributed by atoms with van der Waals surface area (Å²) in [5.41, 5.74) is -2.46. The normalized spacial score (nSPS) is 12.6. The van der Waals surface area contributed by atoms with Gasteiger partial charge in [-0.05, 0) is 43.7 Å². The molecule has 7 nitrogen and oxygen atoms in total. The number of alkyl halides is 5. The van der Waals surface area contributed by atoms with Crippen molar-refractivity contribution in [3.05, 3.63) is 58.4 Å². The third-order valence-electron chi connectivity index (χ3n) is 4.59. The highest BCUT2D eigenvalue weighted by atomic mass is 35.5. The number of pyridine rings is 1. The molecule has 0 bridgehead atoms. The molecule has 1 aromatic heterocycles. The van der Waals surface area contributed by atoms with Crippen molar-refractivity contribution in [1.29, 1.82) is 0 Å². The third-order valence-corrected chi connectivity index (χ3v) is 4.82. The minimum atomic E-state index is -4.80. The SMILES string of the molecule is CC(=O)C(=O)[C@H](CCC(C)(F)F)NC(=O)c1cc(Cl)ccc1NC(=O)c1cccc(C(F)(F)F)n1. The van der Waals surface area contributed by atoms with Gasteiger partial charge in [0, 0.05) is 18.4 Å². The first-order valence-electron chi connectivity index (χ1n) is 9.97. The summed E-state index contributed by atoms with van der Waals surface area (Å²) in [6, 6.07) is 4.60. The minimum absolute atomic E-state index is 0.0138. The Labute approximate surface area is 201 Å². The molecule has 0 spiro atoms. The van der Waals surface area contributed by atoms with Crippen molar-refractivity contribution in [3.8, 4) is 0 Å². The molecule has 2 N–H and O–H groups in total. The number of carbonyl (C=O) groups is 4. The van der Waals surface area contributed by atoms with E-state index in [1.807, 2.05) is 0 Å². The number of carbonyl (C=O) groups excluding carboxylic acids is 4. The van der Waals surface area contributed by atoms with E-state index < -0.39 is 65.8 Å². The smallest absolute Gasteiger partial charge is 0.342 e. The van der Waals surface area contributed by atoms with Crippen LogP contribution in [-0.4, -0.2) is 40.3 Å². The molecule has 0 fully saturated rings. The van der Waals surface area contributed by atoms with Crippen LogP contribution in [0.5, 0.6) is 0 Å². The molecule has 0 aliphatic rings. The summed E-state index contributed by atoms with van der Waals surface area (Å²) in [6.07, 6.45) is -6.16. The van der Waals surface area contributed by atoms with Crippen molar-refractivity contribution in [3.63, 3.8) is 0 Å². The van der Waals surface area contributed by atoms with E-state index in [-0.39, 0.29) is 16.3 Å². The van der Waals surface area contributed by atoms with E-state index in [0.29, 0.717) is 13.0 Å². The highest BCUT2D eigenvalue weighted by Crippen LogP contribution is 2.28. The average Bonchev–Trinajstić information content (AvgIpc) is 2.75. The van der Waals surface area contributed by atoms with Gasteiger partial charge in [0.25, 0.3) is 11.8 Å². The Kier molecular flexibility index (Phi) is 8.66. The zero-order valence-corrected chi connectivity index (χ0v) is 19.1. The number of hydrogen-bond donors (Lipinski definition) is 2. The molecule has 2 rings (SSSR count). The van der Waals surface area contributed by atoms with Gasteiger partial charge in [-0.25, -0.2) is 13.8 Å². The lowest BCUT2D eigenvalue weighted by atomic mass is 10.0. The Morgan fingerprint density at radius 3 is 2.26 bits per heavy atom. The van der Waals surface area contributed by atoms with Crippen LogP contribution in [0.25, 0.3) is 0 Å². The van der Waals surface area contributed by atoms with Gasteiger partial charge in [-0.15, -0.1) is 0 Å². The highest BCUT2D eigenvalue weighted by Gasteiger charge is 2.33. The summed E-state index contributed by atoms with van der Waals surface area (Å²) >= 11 is 5.91. The molecule has 1 atom stereocenters. The summed E-state index contributed by atoms with van der Waals surface area (Å²) in [7, 11) is 0. The van der Waals surface area contributed by atoms with E-state index in [9.17, 15) is 41.1 Å². The molecule has 1 aromatic carbocycles. The number of halogens is 6. The van der Waals surface area contributed by atoms with Crippen LogP contribution in [0.4, 0.5) is 27.6 Å². The Morgan fingerprint density at radius 1 is 1.03 bits per heavy atom. The van der Waals surface area contributed by atoms with Crippen LogP contribution >= 0.6 is 11.6 Å². The van der Waals surface area contributed by atoms with Gasteiger partial charge < -0.3 is 10.6 Å². The first kappa shape index (κ1) is 27.8. The second-order valence-electron chi connectivity index (χ2n) is 7.61. The fraction of sp³-hybridized carbons (Fsp3) is 0.318. The van der Waals surface area contributed by atoms with Gasteiger partial charge in [0.05, 0.1) is 17.3 Å². The van der Waals surface area contributed by atoms with Crippen LogP contribution in [0, 0.1) is 0 Å². The van der Waals surface area contributed by atoms with Crippen LogP contribution in [0.1, 0.15) is 53.2 Å². The van der Waals surface area contributed by atoms with Gasteiger partial charge in [0.15, 0.2) is 5.78 Å². The number of nitrogens with one attached hydrogen (secondary N) is 2. The maximum atomic E-state index is 13.3. The molecule has 13 heteroatoms. The number of hydrogen-bond acceptors (Lipinski definition) is 5. The molecule has 0 aliphatic heterocycles. The van der Waals surface area contributed by atoms with Crippen molar-refractivity contribution < 1.29 is 41.1 Å². The van der Waals surface area contributed by atoms with E-state index in [0.717, 1.165) is 25.1 Å². The Hall–Kier alpha value is -3.41. The highest BCUT2D eigenvalue weighted by molar-refractivity contribution is 6.38. The molecule has 1 heterocycles. The molecule has 0 unspecified atom stereocenters. The van der Waals surface area contributed by atoms with E-state index in [1.165, 1.54) is 12.1 Å². The van der Waals surface area contributed by atoms with Gasteiger partial charge in [-0.2, -0.15) is 13.2 Å². The van der Waals surface area contributed by atoms with Gasteiger partial charge >= 0.3 is 6.18 Å². The number of benzene rings is 1. The first-order chi connectivity index (χ1) is 16.1. The van der Waals surface area contributed by atoms with E-state index >= 15 is 0 Å². The maximum absolute atomic E-state index is 13.3. The Bertz CT molecular complexity index is 1150. The van der Waals surface area contributed by atoms with Crippen LogP contribution in [-0.2, 0) is 15.8 Å². The number of rotatable bonds is 9. The molecular weight excluding hydrogens is 501 g/mol. The fourth-order valence-electron chi connectivity index (χ4n) is 2.87. The molecule has 188 valence electrons. The molecular formula is C22H19ClF5N3O4. The lowest BCUT2D eigenvalue weighted by molar-refractivity contribution is -0.141. The predicted octanol–water partition coefficient (Wildman–Crippen LogP) is 4.70. The molecule has 2 amide bonds. The maximum Gasteiger partial charge on any atom is 0.433 e. The van der Waals surface area contributed by atoms with Crippen LogP contribution in [0.2, 0.25) is 5.02 Å². The molecule has 35 heavy (non-hydrogen) atoms. The van der Waals surface area contributed by atoms with Crippen molar-refractivity contribution in [2.75, 3.05) is 5.32 Å². The zero-order valence-electron chi connectivity index (χ0n) is 18.3. The Balaban J connectivity index is 2.32. The number of anilines is 1. The molecule has 0 aliphatic carbocycles. The molecule has 2 aromatic rings. The Morgan fingerprint density at radius 2 is 1.69 bits per heavy atom.